The number of ether oxygens (including phenoxy) is 2. The minimum atomic E-state index is -0.606. The first-order valence-corrected chi connectivity index (χ1v) is 7.58. The molecule has 1 aromatic rings. The monoisotopic (exact) mass is 325 g/mol. The van der Waals surface area contributed by atoms with E-state index in [1.807, 2.05) is 26.8 Å². The van der Waals surface area contributed by atoms with E-state index < -0.39 is 6.10 Å². The molecule has 120 valence electrons. The maximum Gasteiger partial charge on any atom is 0.307 e. The van der Waals surface area contributed by atoms with Crippen LogP contribution < -0.4 is 9.64 Å². The number of fused-ring (bicyclic) bond motifs is 1. The van der Waals surface area contributed by atoms with Crippen LogP contribution in [0.3, 0.4) is 0 Å². The third-order valence-corrected chi connectivity index (χ3v) is 3.87. The van der Waals surface area contributed by atoms with Crippen LogP contribution in [0.4, 0.5) is 5.69 Å². The summed E-state index contributed by atoms with van der Waals surface area (Å²) in [6.07, 6.45) is -0.483. The number of nitrogens with zero attached hydrogens (tertiary/aromatic N) is 1. The number of carbonyl (C=O) groups excluding carboxylic acids is 2. The summed E-state index contributed by atoms with van der Waals surface area (Å²) in [5, 5.41) is 0.469. The normalized spacial score (nSPS) is 17.3. The van der Waals surface area contributed by atoms with Crippen LogP contribution in [-0.4, -0.2) is 31.6 Å². The maximum absolute atomic E-state index is 12.7. The van der Waals surface area contributed by atoms with Crippen molar-refractivity contribution < 1.29 is 19.1 Å². The van der Waals surface area contributed by atoms with E-state index >= 15 is 0 Å². The number of rotatable bonds is 4. The van der Waals surface area contributed by atoms with E-state index in [4.69, 9.17) is 16.3 Å². The fourth-order valence-electron chi connectivity index (χ4n) is 2.43. The quantitative estimate of drug-likeness (QED) is 0.799. The molecule has 5 nitrogen and oxygen atoms in total. The highest BCUT2D eigenvalue weighted by Crippen LogP contribution is 2.42. The molecule has 0 bridgehead atoms. The van der Waals surface area contributed by atoms with Crippen molar-refractivity contribution in [1.82, 2.24) is 0 Å². The standard InChI is InChI=1S/C16H20ClNO4/c1-9(2)14-16(20)18(6-5-13(19)21-4)12-8-10(3)7-11(17)15(12)22-14/h7-9,14H,5-6H2,1-4H3. The summed E-state index contributed by atoms with van der Waals surface area (Å²) in [7, 11) is 1.33. The largest absolute Gasteiger partial charge is 0.477 e. The lowest BCUT2D eigenvalue weighted by atomic mass is 10.0. The molecule has 0 saturated carbocycles. The summed E-state index contributed by atoms with van der Waals surface area (Å²) < 4.78 is 10.5. The highest BCUT2D eigenvalue weighted by molar-refractivity contribution is 6.33. The number of methoxy groups -OCH3 is 1. The minimum absolute atomic E-state index is 0.00125. The van der Waals surface area contributed by atoms with Gasteiger partial charge in [0.2, 0.25) is 0 Å². The summed E-state index contributed by atoms with van der Waals surface area (Å²) in [5.74, 6) is -0.0252. The predicted molar refractivity (Wildman–Crippen MR) is 84.4 cm³/mol. The highest BCUT2D eigenvalue weighted by Gasteiger charge is 2.37. The number of aryl methyl sites for hydroxylation is 1. The Bertz CT molecular complexity index is 600. The van der Waals surface area contributed by atoms with Gasteiger partial charge in [-0.05, 0) is 30.5 Å². The second kappa shape index (κ2) is 6.57. The summed E-state index contributed by atoms with van der Waals surface area (Å²) in [6.45, 7) is 5.96. The Labute approximate surface area is 135 Å². The Morgan fingerprint density at radius 2 is 2.14 bits per heavy atom. The Morgan fingerprint density at radius 3 is 2.73 bits per heavy atom. The molecule has 1 aromatic carbocycles. The van der Waals surface area contributed by atoms with Crippen molar-refractivity contribution >= 4 is 29.2 Å². The lowest BCUT2D eigenvalue weighted by Crippen LogP contribution is -2.49. The Balaban J connectivity index is 2.41. The molecular weight excluding hydrogens is 306 g/mol. The molecule has 1 atom stereocenters. The zero-order valence-corrected chi connectivity index (χ0v) is 13.9. The third kappa shape index (κ3) is 3.19. The molecule has 6 heteroatoms. The third-order valence-electron chi connectivity index (χ3n) is 3.59. The number of amides is 1. The lowest BCUT2D eigenvalue weighted by molar-refractivity contribution is -0.140. The molecule has 22 heavy (non-hydrogen) atoms. The minimum Gasteiger partial charge on any atom is -0.477 e. The number of anilines is 1. The number of halogens is 1. The Kier molecular flexibility index (Phi) is 4.96. The molecule has 1 aliphatic rings. The number of hydrogen-bond acceptors (Lipinski definition) is 4. The maximum atomic E-state index is 12.7. The van der Waals surface area contributed by atoms with Gasteiger partial charge in [-0.15, -0.1) is 0 Å². The average molecular weight is 326 g/mol. The highest BCUT2D eigenvalue weighted by atomic mass is 35.5. The molecule has 0 N–H and O–H groups in total. The zero-order chi connectivity index (χ0) is 16.4. The Morgan fingerprint density at radius 1 is 1.45 bits per heavy atom. The van der Waals surface area contributed by atoms with Gasteiger partial charge in [0.15, 0.2) is 11.9 Å². The number of benzene rings is 1. The van der Waals surface area contributed by atoms with Crippen LogP contribution in [0.1, 0.15) is 25.8 Å². The van der Waals surface area contributed by atoms with Gasteiger partial charge in [0.25, 0.3) is 5.91 Å². The SMILES string of the molecule is COC(=O)CCN1C(=O)C(C(C)C)Oc2c(Cl)cc(C)cc21. The molecule has 2 rings (SSSR count). The first kappa shape index (κ1) is 16.6. The van der Waals surface area contributed by atoms with Crippen LogP contribution in [0, 0.1) is 12.8 Å². The first-order valence-electron chi connectivity index (χ1n) is 7.20. The van der Waals surface area contributed by atoms with Crippen molar-refractivity contribution in [2.24, 2.45) is 5.92 Å². The molecule has 1 aliphatic heterocycles. The van der Waals surface area contributed by atoms with E-state index in [2.05, 4.69) is 4.74 Å². The van der Waals surface area contributed by atoms with E-state index in [-0.39, 0.29) is 30.8 Å². The van der Waals surface area contributed by atoms with Crippen molar-refractivity contribution in [1.29, 1.82) is 0 Å². The van der Waals surface area contributed by atoms with E-state index in [0.29, 0.717) is 16.5 Å². The molecular formula is C16H20ClNO4. The molecule has 0 radical (unpaired) electrons. The van der Waals surface area contributed by atoms with Crippen molar-refractivity contribution in [3.8, 4) is 5.75 Å². The van der Waals surface area contributed by atoms with Crippen LogP contribution in [-0.2, 0) is 14.3 Å². The topological polar surface area (TPSA) is 55.8 Å². The summed E-state index contributed by atoms with van der Waals surface area (Å²) in [4.78, 5) is 25.6. The van der Waals surface area contributed by atoms with Crippen molar-refractivity contribution in [3.63, 3.8) is 0 Å². The van der Waals surface area contributed by atoms with E-state index in [1.54, 1.807) is 11.0 Å². The smallest absolute Gasteiger partial charge is 0.307 e. The second-order valence-electron chi connectivity index (χ2n) is 5.69. The van der Waals surface area contributed by atoms with Gasteiger partial charge in [-0.1, -0.05) is 25.4 Å². The van der Waals surface area contributed by atoms with Gasteiger partial charge >= 0.3 is 5.97 Å². The molecule has 1 amide bonds. The number of carbonyl (C=O) groups is 2. The molecule has 0 aromatic heterocycles. The molecule has 0 spiro atoms. The van der Waals surface area contributed by atoms with Crippen LogP contribution in [0.5, 0.6) is 5.75 Å². The van der Waals surface area contributed by atoms with Gasteiger partial charge in [0, 0.05) is 6.54 Å². The van der Waals surface area contributed by atoms with Crippen LogP contribution in [0.25, 0.3) is 0 Å². The van der Waals surface area contributed by atoms with E-state index in [9.17, 15) is 9.59 Å². The number of hydrogen-bond donors (Lipinski definition) is 0. The summed E-state index contributed by atoms with van der Waals surface area (Å²) >= 11 is 6.27. The van der Waals surface area contributed by atoms with Gasteiger partial charge < -0.3 is 14.4 Å². The molecule has 0 saturated heterocycles. The molecule has 0 aliphatic carbocycles. The average Bonchev–Trinajstić information content (AvgIpc) is 2.45. The van der Waals surface area contributed by atoms with Gasteiger partial charge in [0.1, 0.15) is 0 Å². The molecule has 0 fully saturated rings. The van der Waals surface area contributed by atoms with E-state index in [1.165, 1.54) is 7.11 Å². The van der Waals surface area contributed by atoms with Crippen molar-refractivity contribution in [2.45, 2.75) is 33.3 Å². The fraction of sp³-hybridized carbons (Fsp3) is 0.500. The fourth-order valence-corrected chi connectivity index (χ4v) is 2.75. The Hall–Kier alpha value is -1.75. The van der Waals surface area contributed by atoms with Gasteiger partial charge in [-0.3, -0.25) is 9.59 Å². The number of esters is 1. The molecule has 1 heterocycles. The van der Waals surface area contributed by atoms with Crippen molar-refractivity contribution in [2.75, 3.05) is 18.6 Å². The van der Waals surface area contributed by atoms with Gasteiger partial charge in [-0.2, -0.15) is 0 Å². The zero-order valence-electron chi connectivity index (χ0n) is 13.2. The lowest BCUT2D eigenvalue weighted by Gasteiger charge is -2.36. The van der Waals surface area contributed by atoms with Crippen LogP contribution in [0.15, 0.2) is 12.1 Å². The van der Waals surface area contributed by atoms with Gasteiger partial charge in [0.05, 0.1) is 24.2 Å². The summed E-state index contributed by atoms with van der Waals surface area (Å²) in [6, 6.07) is 3.64. The van der Waals surface area contributed by atoms with Gasteiger partial charge in [-0.25, -0.2) is 0 Å². The predicted octanol–water partition coefficient (Wildman–Crippen LogP) is 2.96. The molecule has 1 unspecified atom stereocenters. The first-order chi connectivity index (χ1) is 10.3. The summed E-state index contributed by atoms with van der Waals surface area (Å²) in [5.41, 5.74) is 1.53. The van der Waals surface area contributed by atoms with Crippen molar-refractivity contribution in [3.05, 3.63) is 22.7 Å². The van der Waals surface area contributed by atoms with Crippen LogP contribution in [0.2, 0.25) is 5.02 Å². The van der Waals surface area contributed by atoms with Crippen LogP contribution >= 0.6 is 11.6 Å². The second-order valence-corrected chi connectivity index (χ2v) is 6.10. The van der Waals surface area contributed by atoms with E-state index in [0.717, 1.165) is 5.56 Å².